The summed E-state index contributed by atoms with van der Waals surface area (Å²) in [4.78, 5) is 57.1. The number of thioether (sulfide) groups is 1. The van der Waals surface area contributed by atoms with E-state index >= 15 is 0 Å². The Labute approximate surface area is 177 Å². The summed E-state index contributed by atoms with van der Waals surface area (Å²) in [6, 6.07) is -1.01. The van der Waals surface area contributed by atoms with Gasteiger partial charge >= 0.3 is 11.9 Å². The number of carboxylic acids is 2. The van der Waals surface area contributed by atoms with Gasteiger partial charge in [-0.05, 0) is 5.57 Å². The third-order valence-electron chi connectivity index (χ3n) is 4.06. The van der Waals surface area contributed by atoms with Crippen LogP contribution in [-0.4, -0.2) is 73.3 Å². The second kappa shape index (κ2) is 8.54. The number of nitrogens with one attached hydrogen (secondary N) is 1. The molecule has 1 aromatic rings. The minimum absolute atomic E-state index is 0.0420. The number of rotatable bonds is 8. The van der Waals surface area contributed by atoms with Crippen molar-refractivity contribution in [1.82, 2.24) is 15.2 Å². The molecule has 12 nitrogen and oxygen atoms in total. The molecule has 158 valence electrons. The first-order valence-corrected chi connectivity index (χ1v) is 10.1. The summed E-state index contributed by atoms with van der Waals surface area (Å²) in [5.74, 6) is -3.72. The molecule has 0 bridgehead atoms. The molecule has 3 heterocycles. The van der Waals surface area contributed by atoms with Crippen LogP contribution in [0.3, 0.4) is 0 Å². The van der Waals surface area contributed by atoms with Gasteiger partial charge < -0.3 is 26.1 Å². The smallest absolute Gasteiger partial charge is 0.352 e. The Bertz CT molecular complexity index is 1000. The zero-order chi connectivity index (χ0) is 22.0. The third kappa shape index (κ3) is 3.99. The molecule has 1 saturated heterocycles. The van der Waals surface area contributed by atoms with Crippen molar-refractivity contribution >= 4 is 57.7 Å². The van der Waals surface area contributed by atoms with E-state index in [4.69, 9.17) is 10.8 Å². The molecule has 1 aromatic heterocycles. The van der Waals surface area contributed by atoms with E-state index in [1.54, 1.807) is 0 Å². The number of nitrogen functional groups attached to an aromatic ring is 1. The Hall–Kier alpha value is -3.39. The highest BCUT2D eigenvalue weighted by Gasteiger charge is 2.54. The number of allylic oxidation sites excluding steroid dienone is 1. The van der Waals surface area contributed by atoms with Crippen LogP contribution >= 0.6 is 23.1 Å². The SMILES string of the molecule is C=CC1=C(C(=O)O)N2C(=O)C(NC(=O)C(=NOCC(=O)O)c3csc(N)n3)[C@@H]2SC1. The van der Waals surface area contributed by atoms with Crippen molar-refractivity contribution in [2.75, 3.05) is 18.1 Å². The number of anilines is 1. The number of fused-ring (bicyclic) bond motifs is 1. The van der Waals surface area contributed by atoms with Crippen LogP contribution in [0.5, 0.6) is 0 Å². The standard InChI is InChI=1S/C16H15N5O7S2/c1-2-6-4-29-14-10(13(25)21(14)11(6)15(26)27)19-12(24)9(20-28-3-8(22)23)7-5-30-16(17)18-7/h2,5,10,14H,1,3-4H2,(H2,17,18)(H,19,24)(H,22,23)(H,26,27)/t10?,14-/m0/s1. The number of oxime groups is 1. The minimum Gasteiger partial charge on any atom is -0.479 e. The first kappa shape index (κ1) is 21.3. The molecule has 0 spiro atoms. The quantitative estimate of drug-likeness (QED) is 0.226. The predicted molar refractivity (Wildman–Crippen MR) is 107 cm³/mol. The second-order valence-corrected chi connectivity index (χ2v) is 7.92. The van der Waals surface area contributed by atoms with Gasteiger partial charge in [0.1, 0.15) is 22.8 Å². The first-order valence-electron chi connectivity index (χ1n) is 8.22. The van der Waals surface area contributed by atoms with Crippen molar-refractivity contribution in [3.8, 4) is 0 Å². The summed E-state index contributed by atoms with van der Waals surface area (Å²) in [7, 11) is 0. The Morgan fingerprint density at radius 1 is 1.47 bits per heavy atom. The maximum absolute atomic E-state index is 12.7. The van der Waals surface area contributed by atoms with Crippen LogP contribution in [-0.2, 0) is 24.0 Å². The normalized spacial score (nSPS) is 20.9. The summed E-state index contributed by atoms with van der Waals surface area (Å²) in [5.41, 5.74) is 5.48. The molecule has 5 N–H and O–H groups in total. The summed E-state index contributed by atoms with van der Waals surface area (Å²) >= 11 is 2.30. The molecule has 0 aliphatic carbocycles. The largest absolute Gasteiger partial charge is 0.479 e. The van der Waals surface area contributed by atoms with E-state index in [1.165, 1.54) is 23.2 Å². The van der Waals surface area contributed by atoms with Crippen molar-refractivity contribution in [3.05, 3.63) is 35.0 Å². The summed E-state index contributed by atoms with van der Waals surface area (Å²) in [6.45, 7) is 2.77. The molecule has 30 heavy (non-hydrogen) atoms. The zero-order valence-corrected chi connectivity index (χ0v) is 16.7. The Balaban J connectivity index is 1.79. The number of amides is 2. The highest BCUT2D eigenvalue weighted by atomic mass is 32.2. The van der Waals surface area contributed by atoms with Crippen LogP contribution in [0.25, 0.3) is 0 Å². The number of aromatic nitrogens is 1. The summed E-state index contributed by atoms with van der Waals surface area (Å²) < 4.78 is 0. The molecule has 0 radical (unpaired) electrons. The molecule has 1 fully saturated rings. The van der Waals surface area contributed by atoms with Crippen molar-refractivity contribution in [3.63, 3.8) is 0 Å². The van der Waals surface area contributed by atoms with Crippen molar-refractivity contribution in [1.29, 1.82) is 0 Å². The molecule has 2 aliphatic rings. The summed E-state index contributed by atoms with van der Waals surface area (Å²) in [5, 5.41) is 25.0. The van der Waals surface area contributed by atoms with Crippen molar-refractivity contribution < 1.29 is 34.2 Å². The Morgan fingerprint density at radius 2 is 2.20 bits per heavy atom. The molecule has 2 amide bonds. The third-order valence-corrected chi connectivity index (χ3v) is 6.03. The van der Waals surface area contributed by atoms with E-state index in [0.717, 1.165) is 16.2 Å². The number of nitrogens with two attached hydrogens (primary N) is 1. The van der Waals surface area contributed by atoms with Crippen molar-refractivity contribution in [2.45, 2.75) is 11.4 Å². The molecular formula is C16H15N5O7S2. The number of hydrogen-bond donors (Lipinski definition) is 4. The second-order valence-electron chi connectivity index (χ2n) is 5.92. The summed E-state index contributed by atoms with van der Waals surface area (Å²) in [6.07, 6.45) is 1.38. The molecule has 0 saturated carbocycles. The molecule has 1 unspecified atom stereocenters. The molecule has 2 aliphatic heterocycles. The van der Waals surface area contributed by atoms with Gasteiger partial charge in [-0.3, -0.25) is 14.5 Å². The van der Waals surface area contributed by atoms with E-state index in [1.807, 2.05) is 0 Å². The Kier molecular flexibility index (Phi) is 6.07. The fourth-order valence-corrected chi connectivity index (χ4v) is 4.65. The van der Waals surface area contributed by atoms with Gasteiger partial charge in [0, 0.05) is 11.1 Å². The number of carbonyl (C=O) groups is 4. The van der Waals surface area contributed by atoms with Gasteiger partial charge in [-0.15, -0.1) is 23.1 Å². The van der Waals surface area contributed by atoms with Crippen LogP contribution < -0.4 is 11.1 Å². The number of carbonyl (C=O) groups excluding carboxylic acids is 2. The lowest BCUT2D eigenvalue weighted by Gasteiger charge is -2.49. The Morgan fingerprint density at radius 3 is 2.77 bits per heavy atom. The number of carboxylic acid groups (broad SMARTS) is 2. The van der Waals surface area contributed by atoms with E-state index in [-0.39, 0.29) is 22.2 Å². The molecule has 3 rings (SSSR count). The molecular weight excluding hydrogens is 438 g/mol. The van der Waals surface area contributed by atoms with Crippen LogP contribution in [0.15, 0.2) is 34.5 Å². The maximum Gasteiger partial charge on any atom is 0.352 e. The first-order chi connectivity index (χ1) is 14.2. The van der Waals surface area contributed by atoms with Gasteiger partial charge in [0.15, 0.2) is 10.8 Å². The number of aliphatic carboxylic acids is 2. The van der Waals surface area contributed by atoms with Gasteiger partial charge in [0.05, 0.1) is 0 Å². The van der Waals surface area contributed by atoms with Crippen LogP contribution in [0.2, 0.25) is 0 Å². The molecule has 0 aromatic carbocycles. The van der Waals surface area contributed by atoms with E-state index in [9.17, 15) is 24.3 Å². The van der Waals surface area contributed by atoms with E-state index in [2.05, 4.69) is 26.9 Å². The lowest BCUT2D eigenvalue weighted by Crippen LogP contribution is -2.71. The highest BCUT2D eigenvalue weighted by Crippen LogP contribution is 2.40. The van der Waals surface area contributed by atoms with Gasteiger partial charge in [0.25, 0.3) is 11.8 Å². The number of nitrogens with zero attached hydrogens (tertiary/aromatic N) is 3. The minimum atomic E-state index is -1.30. The van der Waals surface area contributed by atoms with Gasteiger partial charge in [-0.25, -0.2) is 14.6 Å². The number of hydrogen-bond acceptors (Lipinski definition) is 10. The fraction of sp³-hybridized carbons (Fsp3) is 0.250. The lowest BCUT2D eigenvalue weighted by molar-refractivity contribution is -0.150. The fourth-order valence-electron chi connectivity index (χ4n) is 2.76. The average Bonchev–Trinajstić information content (AvgIpc) is 3.13. The topological polar surface area (TPSA) is 185 Å². The molecule has 14 heteroatoms. The van der Waals surface area contributed by atoms with Crippen molar-refractivity contribution in [2.24, 2.45) is 5.16 Å². The average molecular weight is 453 g/mol. The van der Waals surface area contributed by atoms with Gasteiger partial charge in [-0.2, -0.15) is 0 Å². The predicted octanol–water partition coefficient (Wildman–Crippen LogP) is -0.545. The lowest BCUT2D eigenvalue weighted by atomic mass is 10.0. The zero-order valence-electron chi connectivity index (χ0n) is 15.1. The highest BCUT2D eigenvalue weighted by molar-refractivity contribution is 8.00. The van der Waals surface area contributed by atoms with Gasteiger partial charge in [-0.1, -0.05) is 17.8 Å². The number of β-lactam (4-membered cyclic amide) rings is 1. The maximum atomic E-state index is 12.7. The van der Waals surface area contributed by atoms with E-state index in [0.29, 0.717) is 11.3 Å². The molecule has 2 atom stereocenters. The monoisotopic (exact) mass is 453 g/mol. The van der Waals surface area contributed by atoms with Crippen LogP contribution in [0.4, 0.5) is 5.13 Å². The van der Waals surface area contributed by atoms with Gasteiger partial charge in [0.2, 0.25) is 6.61 Å². The van der Waals surface area contributed by atoms with Crippen LogP contribution in [0, 0.1) is 0 Å². The number of thiazole rings is 1. The van der Waals surface area contributed by atoms with Crippen LogP contribution in [0.1, 0.15) is 5.69 Å². The van der Waals surface area contributed by atoms with E-state index < -0.39 is 41.8 Å².